The van der Waals surface area contributed by atoms with Gasteiger partial charge in [0.2, 0.25) is 12.7 Å². The van der Waals surface area contributed by atoms with Gasteiger partial charge in [-0.3, -0.25) is 19.4 Å². The molecule has 216 valence electrons. The van der Waals surface area contributed by atoms with Crippen LogP contribution in [0.1, 0.15) is 59.3 Å². The molecule has 1 fully saturated rings. The molecule has 2 aromatic carbocycles. The molecule has 1 amide bonds. The van der Waals surface area contributed by atoms with Crippen LogP contribution in [0.2, 0.25) is 0 Å². The Morgan fingerprint density at radius 1 is 1.15 bits per heavy atom. The van der Waals surface area contributed by atoms with Crippen molar-refractivity contribution in [1.82, 2.24) is 15.1 Å². The Hall–Kier alpha value is -4.01. The minimum atomic E-state index is -0.540. The SMILES string of the molecule is COc1c(C)cc2c(c1O)C1[C@@H]3Cc4c(OC(C)=O)c(C)c5c(c4C(CNC(C)=O)N3[C@@H](C#N)C(C2)N1C)OCO5. The number of hydrogen-bond donors (Lipinski definition) is 2. The van der Waals surface area contributed by atoms with Crippen LogP contribution in [0.5, 0.6) is 28.7 Å². The lowest BCUT2D eigenvalue weighted by molar-refractivity contribution is -0.132. The van der Waals surface area contributed by atoms with E-state index in [4.69, 9.17) is 18.9 Å². The number of esters is 1. The van der Waals surface area contributed by atoms with Crippen molar-refractivity contribution in [2.24, 2.45) is 0 Å². The van der Waals surface area contributed by atoms with Crippen molar-refractivity contribution in [3.05, 3.63) is 39.4 Å². The van der Waals surface area contributed by atoms with Crippen LogP contribution in [-0.2, 0) is 22.4 Å². The number of likely N-dealkylation sites (N-methyl/N-ethyl adjacent to an activating group) is 1. The van der Waals surface area contributed by atoms with E-state index in [1.807, 2.05) is 27.0 Å². The average Bonchev–Trinajstić information content (AvgIpc) is 3.40. The van der Waals surface area contributed by atoms with Gasteiger partial charge in [0.05, 0.1) is 25.3 Å². The van der Waals surface area contributed by atoms with Crippen molar-refractivity contribution in [3.8, 4) is 34.8 Å². The highest BCUT2D eigenvalue weighted by molar-refractivity contribution is 5.75. The molecule has 0 aliphatic carbocycles. The summed E-state index contributed by atoms with van der Waals surface area (Å²) in [5.74, 6) is 1.30. The fourth-order valence-electron chi connectivity index (χ4n) is 7.55. The van der Waals surface area contributed by atoms with E-state index in [-0.39, 0.29) is 43.1 Å². The maximum atomic E-state index is 12.3. The maximum absolute atomic E-state index is 12.3. The van der Waals surface area contributed by atoms with E-state index in [2.05, 4.69) is 21.2 Å². The van der Waals surface area contributed by atoms with Crippen LogP contribution in [0.15, 0.2) is 6.07 Å². The van der Waals surface area contributed by atoms with Crippen LogP contribution in [0.4, 0.5) is 0 Å². The zero-order valence-electron chi connectivity index (χ0n) is 24.0. The molecule has 0 radical (unpaired) electrons. The Morgan fingerprint density at radius 3 is 2.54 bits per heavy atom. The summed E-state index contributed by atoms with van der Waals surface area (Å²) >= 11 is 0. The van der Waals surface area contributed by atoms with Gasteiger partial charge in [0.25, 0.3) is 0 Å². The van der Waals surface area contributed by atoms with E-state index in [1.54, 1.807) is 7.11 Å². The summed E-state index contributed by atoms with van der Waals surface area (Å²) in [6, 6.07) is 2.78. The summed E-state index contributed by atoms with van der Waals surface area (Å²) in [5.41, 5.74) is 4.76. The number of aryl methyl sites for hydroxylation is 1. The minimum Gasteiger partial charge on any atom is -0.504 e. The second-order valence-electron chi connectivity index (χ2n) is 11.3. The molecule has 11 nitrogen and oxygen atoms in total. The molecule has 41 heavy (non-hydrogen) atoms. The minimum absolute atomic E-state index is 0.0124. The van der Waals surface area contributed by atoms with Gasteiger partial charge in [-0.25, -0.2) is 0 Å². The van der Waals surface area contributed by atoms with E-state index in [0.717, 1.165) is 27.8 Å². The highest BCUT2D eigenvalue weighted by atomic mass is 16.7. The fourth-order valence-corrected chi connectivity index (χ4v) is 7.55. The number of phenols is 1. The molecule has 2 N–H and O–H groups in total. The quantitative estimate of drug-likeness (QED) is 0.423. The molecular formula is C30H34N4O7. The van der Waals surface area contributed by atoms with E-state index in [0.29, 0.717) is 41.4 Å². The Morgan fingerprint density at radius 2 is 1.88 bits per heavy atom. The number of nitrogens with one attached hydrogen (secondary N) is 1. The average molecular weight is 563 g/mol. The summed E-state index contributed by atoms with van der Waals surface area (Å²) in [6.07, 6.45) is 0.965. The Labute approximate surface area is 238 Å². The molecule has 0 aromatic heterocycles. The number of phenolic OH excluding ortho intramolecular Hbond substituents is 1. The fraction of sp³-hybridized carbons (Fsp3) is 0.500. The van der Waals surface area contributed by atoms with Crippen molar-refractivity contribution in [2.45, 2.75) is 70.7 Å². The number of fused-ring (bicyclic) bond motifs is 9. The normalized spacial score (nSPS) is 25.8. The molecule has 1 saturated heterocycles. The van der Waals surface area contributed by atoms with E-state index >= 15 is 0 Å². The van der Waals surface area contributed by atoms with Crippen LogP contribution < -0.4 is 24.3 Å². The summed E-state index contributed by atoms with van der Waals surface area (Å²) in [7, 11) is 3.53. The predicted molar refractivity (Wildman–Crippen MR) is 146 cm³/mol. The van der Waals surface area contributed by atoms with Gasteiger partial charge in [-0.2, -0.15) is 5.26 Å². The van der Waals surface area contributed by atoms with Crippen molar-refractivity contribution in [3.63, 3.8) is 0 Å². The lowest BCUT2D eigenvalue weighted by Gasteiger charge is -2.60. The van der Waals surface area contributed by atoms with Crippen LogP contribution in [-0.4, -0.2) is 72.4 Å². The number of amides is 1. The highest BCUT2D eigenvalue weighted by Gasteiger charge is 2.56. The van der Waals surface area contributed by atoms with Crippen molar-refractivity contribution in [1.29, 1.82) is 5.26 Å². The molecule has 4 aliphatic heterocycles. The first-order valence-corrected chi connectivity index (χ1v) is 13.7. The first kappa shape index (κ1) is 27.2. The number of ether oxygens (including phenoxy) is 4. The second-order valence-corrected chi connectivity index (χ2v) is 11.3. The number of nitriles is 1. The Kier molecular flexibility index (Phi) is 6.51. The number of benzene rings is 2. The molecule has 6 rings (SSSR count). The lowest BCUT2D eigenvalue weighted by atomic mass is 9.71. The Bertz CT molecular complexity index is 1520. The molecule has 4 aliphatic rings. The molecule has 2 aromatic rings. The lowest BCUT2D eigenvalue weighted by Crippen LogP contribution is -2.68. The van der Waals surface area contributed by atoms with Crippen molar-refractivity contribution >= 4 is 11.9 Å². The topological polar surface area (TPSA) is 134 Å². The Balaban J connectivity index is 1.63. The molecule has 2 bridgehead atoms. The number of nitrogens with zero attached hydrogens (tertiary/aromatic N) is 3. The summed E-state index contributed by atoms with van der Waals surface area (Å²) in [6.45, 7) is 6.76. The monoisotopic (exact) mass is 562 g/mol. The summed E-state index contributed by atoms with van der Waals surface area (Å²) in [5, 5.41) is 25.2. The number of piperazine rings is 1. The number of carbonyl (C=O) groups excluding carboxylic acids is 2. The highest BCUT2D eigenvalue weighted by Crippen LogP contribution is 2.58. The van der Waals surface area contributed by atoms with E-state index < -0.39 is 18.1 Å². The number of hydrogen-bond acceptors (Lipinski definition) is 10. The van der Waals surface area contributed by atoms with Gasteiger partial charge in [0.15, 0.2) is 23.0 Å². The largest absolute Gasteiger partial charge is 0.504 e. The van der Waals surface area contributed by atoms with Crippen LogP contribution in [0.3, 0.4) is 0 Å². The molecule has 4 heterocycles. The van der Waals surface area contributed by atoms with Crippen LogP contribution in [0.25, 0.3) is 0 Å². The maximum Gasteiger partial charge on any atom is 0.308 e. The van der Waals surface area contributed by atoms with Gasteiger partial charge in [0, 0.05) is 54.7 Å². The van der Waals surface area contributed by atoms with Gasteiger partial charge in [-0.1, -0.05) is 6.07 Å². The van der Waals surface area contributed by atoms with Crippen molar-refractivity contribution in [2.75, 3.05) is 27.5 Å². The third-order valence-corrected chi connectivity index (χ3v) is 9.06. The number of rotatable bonds is 4. The first-order chi connectivity index (χ1) is 19.6. The molecule has 0 spiro atoms. The zero-order chi connectivity index (χ0) is 29.3. The molecule has 0 saturated carbocycles. The zero-order valence-corrected chi connectivity index (χ0v) is 24.0. The van der Waals surface area contributed by atoms with E-state index in [1.165, 1.54) is 13.8 Å². The summed E-state index contributed by atoms with van der Waals surface area (Å²) in [4.78, 5) is 28.8. The van der Waals surface area contributed by atoms with Gasteiger partial charge < -0.3 is 29.4 Å². The predicted octanol–water partition coefficient (Wildman–Crippen LogP) is 2.58. The van der Waals surface area contributed by atoms with Crippen molar-refractivity contribution < 1.29 is 33.6 Å². The summed E-state index contributed by atoms with van der Waals surface area (Å²) < 4.78 is 23.3. The second kappa shape index (κ2) is 9.82. The number of methoxy groups -OCH3 is 1. The first-order valence-electron chi connectivity index (χ1n) is 13.7. The molecule has 3 unspecified atom stereocenters. The van der Waals surface area contributed by atoms with Crippen LogP contribution >= 0.6 is 0 Å². The third-order valence-electron chi connectivity index (χ3n) is 9.06. The third kappa shape index (κ3) is 3.92. The van der Waals surface area contributed by atoms with Gasteiger partial charge >= 0.3 is 5.97 Å². The van der Waals surface area contributed by atoms with E-state index in [9.17, 15) is 20.0 Å². The molecule has 5 atom stereocenters. The van der Waals surface area contributed by atoms with Crippen LogP contribution in [0, 0.1) is 25.2 Å². The standard InChI is InChI=1S/C30H34N4O7/c1-13-7-17-8-19-21(10-31)34-20(25(33(19)5)23(17)26(37)27(13)38-6)9-18-24(22(34)11-32-15(3)35)30-29(39-12-40-30)14(2)28(18)41-16(4)36/h7,19-22,25,37H,8-9,11-12H2,1-6H3,(H,32,35)/t19?,20-,21-,22?,25?/m0/s1. The van der Waals surface area contributed by atoms with Gasteiger partial charge in [-0.05, 0) is 44.9 Å². The number of aromatic hydroxyl groups is 1. The smallest absolute Gasteiger partial charge is 0.308 e. The molecular weight excluding hydrogens is 528 g/mol. The molecule has 11 heteroatoms. The van der Waals surface area contributed by atoms with Gasteiger partial charge in [-0.15, -0.1) is 0 Å². The van der Waals surface area contributed by atoms with Gasteiger partial charge in [0.1, 0.15) is 11.8 Å². The number of carbonyl (C=O) groups is 2.